The first-order valence-electron chi connectivity index (χ1n) is 7.94. The van der Waals surface area contributed by atoms with E-state index in [2.05, 4.69) is 5.32 Å². The number of rotatable bonds is 9. The maximum Gasteiger partial charge on any atom is 0.185 e. The zero-order valence-corrected chi connectivity index (χ0v) is 15.7. The first-order valence-corrected chi connectivity index (χ1v) is 9.83. The lowest BCUT2D eigenvalue weighted by molar-refractivity contribution is 0.1000. The molecule has 0 aliphatic heterocycles. The number of anilines is 1. The summed E-state index contributed by atoms with van der Waals surface area (Å²) < 4.78 is 47.2. The topological polar surface area (TPSA) is 102 Å². The summed E-state index contributed by atoms with van der Waals surface area (Å²) in [6, 6.07) is 7.81. The van der Waals surface area contributed by atoms with Gasteiger partial charge in [-0.05, 0) is 24.3 Å². The lowest BCUT2D eigenvalue weighted by atomic mass is 10.1. The van der Waals surface area contributed by atoms with Gasteiger partial charge in [0.1, 0.15) is 23.9 Å². The fraction of sp³-hybridized carbons (Fsp3) is 0.278. The van der Waals surface area contributed by atoms with Crippen molar-refractivity contribution in [2.45, 2.75) is 4.90 Å². The first kappa shape index (κ1) is 20.7. The Balaban J connectivity index is 2.21. The van der Waals surface area contributed by atoms with Gasteiger partial charge in [0.2, 0.25) is 0 Å². The van der Waals surface area contributed by atoms with Crippen LogP contribution in [0.2, 0.25) is 0 Å². The van der Waals surface area contributed by atoms with Gasteiger partial charge in [-0.15, -0.1) is 0 Å². The van der Waals surface area contributed by atoms with Crippen molar-refractivity contribution >= 4 is 21.3 Å². The van der Waals surface area contributed by atoms with Crippen molar-refractivity contribution < 1.29 is 32.2 Å². The van der Waals surface area contributed by atoms with Crippen LogP contribution < -0.4 is 14.8 Å². The highest BCUT2D eigenvalue weighted by Crippen LogP contribution is 2.25. The molecule has 0 atom stereocenters. The molecule has 0 amide bonds. The maximum absolute atomic E-state index is 13.4. The predicted molar refractivity (Wildman–Crippen MR) is 97.9 cm³/mol. The molecule has 2 aromatic rings. The Bertz CT molecular complexity index is 929. The summed E-state index contributed by atoms with van der Waals surface area (Å²) >= 11 is 0. The van der Waals surface area contributed by atoms with Crippen LogP contribution in [0.4, 0.5) is 10.1 Å². The Morgan fingerprint density at radius 1 is 1.22 bits per heavy atom. The minimum atomic E-state index is -3.46. The summed E-state index contributed by atoms with van der Waals surface area (Å²) in [5.41, 5.74) is 0.520. The van der Waals surface area contributed by atoms with E-state index in [1.807, 2.05) is 0 Å². The fourth-order valence-corrected chi connectivity index (χ4v) is 2.96. The molecule has 0 bridgehead atoms. The van der Waals surface area contributed by atoms with Crippen molar-refractivity contribution in [3.05, 3.63) is 47.8 Å². The molecule has 2 N–H and O–H groups in total. The molecule has 0 heterocycles. The molecular weight excluding hydrogens is 377 g/mol. The molecule has 0 saturated carbocycles. The quantitative estimate of drug-likeness (QED) is 0.623. The smallest absolute Gasteiger partial charge is 0.185 e. The van der Waals surface area contributed by atoms with Crippen LogP contribution in [0.3, 0.4) is 0 Å². The highest BCUT2D eigenvalue weighted by molar-refractivity contribution is 7.90. The standard InChI is InChI=1S/C18H20FNO6S/c1-25-14-8-13(9-15(10-14)27(2,23)24)20-11-17(22)16-4-3-12(19)7-18(16)26-6-5-21/h3-4,7-10,20-21H,5-6,11H2,1-2H3. The SMILES string of the molecule is COc1cc(NCC(=O)c2ccc(F)cc2OCCO)cc(S(C)(=O)=O)c1. The van der Waals surface area contributed by atoms with Gasteiger partial charge >= 0.3 is 0 Å². The molecule has 0 fully saturated rings. The number of hydrogen-bond acceptors (Lipinski definition) is 7. The van der Waals surface area contributed by atoms with Crippen molar-refractivity contribution in [1.82, 2.24) is 0 Å². The summed E-state index contributed by atoms with van der Waals surface area (Å²) in [6.07, 6.45) is 1.07. The van der Waals surface area contributed by atoms with Crippen LogP contribution in [0.15, 0.2) is 41.3 Å². The molecule has 0 aliphatic carbocycles. The molecule has 7 nitrogen and oxygen atoms in total. The second-order valence-corrected chi connectivity index (χ2v) is 7.67. The molecule has 2 rings (SSSR count). The Hall–Kier alpha value is -2.65. The van der Waals surface area contributed by atoms with E-state index in [0.29, 0.717) is 11.4 Å². The third kappa shape index (κ3) is 5.66. The average Bonchev–Trinajstić information content (AvgIpc) is 2.63. The normalized spacial score (nSPS) is 11.1. The van der Waals surface area contributed by atoms with Gasteiger partial charge in [-0.3, -0.25) is 4.79 Å². The molecule has 0 saturated heterocycles. The number of benzene rings is 2. The van der Waals surface area contributed by atoms with E-state index < -0.39 is 21.4 Å². The van der Waals surface area contributed by atoms with Gasteiger partial charge in [0, 0.05) is 24.1 Å². The molecule has 0 unspecified atom stereocenters. The second kappa shape index (κ2) is 8.83. The van der Waals surface area contributed by atoms with Crippen LogP contribution in [0.25, 0.3) is 0 Å². The monoisotopic (exact) mass is 397 g/mol. The van der Waals surface area contributed by atoms with Crippen LogP contribution in [0.5, 0.6) is 11.5 Å². The van der Waals surface area contributed by atoms with Crippen LogP contribution in [-0.4, -0.2) is 52.4 Å². The number of ketones is 1. The Morgan fingerprint density at radius 2 is 1.96 bits per heavy atom. The van der Waals surface area contributed by atoms with Crippen LogP contribution in [0, 0.1) is 5.82 Å². The summed E-state index contributed by atoms with van der Waals surface area (Å²) in [5.74, 6) is -0.621. The lowest BCUT2D eigenvalue weighted by Gasteiger charge is -2.12. The van der Waals surface area contributed by atoms with Crippen molar-refractivity contribution in [1.29, 1.82) is 0 Å². The van der Waals surface area contributed by atoms with Crippen molar-refractivity contribution in [2.24, 2.45) is 0 Å². The number of ether oxygens (including phenoxy) is 2. The molecule has 0 aliphatic rings. The van der Waals surface area contributed by atoms with Crippen molar-refractivity contribution in [3.63, 3.8) is 0 Å². The molecular formula is C18H20FNO6S. The van der Waals surface area contributed by atoms with Crippen molar-refractivity contribution in [2.75, 3.05) is 38.4 Å². The Kier molecular flexibility index (Phi) is 6.75. The highest BCUT2D eigenvalue weighted by Gasteiger charge is 2.15. The number of aliphatic hydroxyl groups is 1. The van der Waals surface area contributed by atoms with Crippen LogP contribution in [-0.2, 0) is 9.84 Å². The summed E-state index contributed by atoms with van der Waals surface area (Å²) in [6.45, 7) is -0.539. The molecule has 0 radical (unpaired) electrons. The average molecular weight is 397 g/mol. The Labute approximate surface area is 156 Å². The molecule has 2 aromatic carbocycles. The number of sulfone groups is 1. The van der Waals surface area contributed by atoms with Gasteiger partial charge in [0.15, 0.2) is 15.6 Å². The third-order valence-corrected chi connectivity index (χ3v) is 4.68. The van der Waals surface area contributed by atoms with Gasteiger partial charge in [-0.2, -0.15) is 0 Å². The lowest BCUT2D eigenvalue weighted by Crippen LogP contribution is -2.16. The zero-order valence-electron chi connectivity index (χ0n) is 14.9. The maximum atomic E-state index is 13.4. The van der Waals surface area contributed by atoms with E-state index in [1.54, 1.807) is 6.07 Å². The largest absolute Gasteiger partial charge is 0.497 e. The third-order valence-electron chi connectivity index (χ3n) is 3.59. The number of carbonyl (C=O) groups is 1. The second-order valence-electron chi connectivity index (χ2n) is 5.66. The van der Waals surface area contributed by atoms with E-state index in [0.717, 1.165) is 18.4 Å². The van der Waals surface area contributed by atoms with Gasteiger partial charge in [-0.1, -0.05) is 0 Å². The van der Waals surface area contributed by atoms with E-state index in [1.165, 1.54) is 25.3 Å². The van der Waals surface area contributed by atoms with Gasteiger partial charge in [-0.25, -0.2) is 12.8 Å². The number of halogens is 1. The fourth-order valence-electron chi connectivity index (χ4n) is 2.28. The number of hydrogen-bond donors (Lipinski definition) is 2. The molecule has 0 aromatic heterocycles. The number of Topliss-reactive ketones (excluding diaryl/α,β-unsaturated/α-hetero) is 1. The number of nitrogens with one attached hydrogen (secondary N) is 1. The Morgan fingerprint density at radius 3 is 2.59 bits per heavy atom. The van der Waals surface area contributed by atoms with Gasteiger partial charge in [0.05, 0.1) is 30.7 Å². The highest BCUT2D eigenvalue weighted by atomic mass is 32.2. The van der Waals surface area contributed by atoms with Gasteiger partial charge in [0.25, 0.3) is 0 Å². The van der Waals surface area contributed by atoms with E-state index in [4.69, 9.17) is 14.6 Å². The molecule has 0 spiro atoms. The summed E-state index contributed by atoms with van der Waals surface area (Å²) in [7, 11) is -2.06. The van der Waals surface area contributed by atoms with E-state index >= 15 is 0 Å². The minimum Gasteiger partial charge on any atom is -0.497 e. The number of aliphatic hydroxyl groups excluding tert-OH is 1. The van der Waals surface area contributed by atoms with Crippen LogP contribution >= 0.6 is 0 Å². The predicted octanol–water partition coefficient (Wildman–Crippen LogP) is 1.90. The van der Waals surface area contributed by atoms with Crippen molar-refractivity contribution in [3.8, 4) is 11.5 Å². The first-order chi connectivity index (χ1) is 12.7. The van der Waals surface area contributed by atoms with Crippen LogP contribution in [0.1, 0.15) is 10.4 Å². The zero-order chi connectivity index (χ0) is 20.0. The summed E-state index contributed by atoms with van der Waals surface area (Å²) in [5, 5.41) is 11.7. The molecule has 27 heavy (non-hydrogen) atoms. The minimum absolute atomic E-state index is 0.0262. The van der Waals surface area contributed by atoms with E-state index in [-0.39, 0.29) is 36.0 Å². The number of carbonyl (C=O) groups excluding carboxylic acids is 1. The number of methoxy groups -OCH3 is 1. The summed E-state index contributed by atoms with van der Waals surface area (Å²) in [4.78, 5) is 12.5. The van der Waals surface area contributed by atoms with E-state index in [9.17, 15) is 17.6 Å². The van der Waals surface area contributed by atoms with Gasteiger partial charge < -0.3 is 19.9 Å². The molecule has 146 valence electrons. The molecule has 9 heteroatoms.